The van der Waals surface area contributed by atoms with E-state index < -0.39 is 4.92 Å². The number of hydrogen-bond acceptors (Lipinski definition) is 6. The maximum atomic E-state index is 10.8. The molecule has 0 atom stereocenters. The molecule has 2 heterocycles. The van der Waals surface area contributed by atoms with E-state index in [0.717, 1.165) is 5.56 Å². The highest BCUT2D eigenvalue weighted by atomic mass is 35.5. The molecule has 3 rings (SSSR count). The topological polar surface area (TPSA) is 86.5 Å². The second kappa shape index (κ2) is 5.45. The molecule has 21 heavy (non-hydrogen) atoms. The van der Waals surface area contributed by atoms with Crippen molar-refractivity contribution in [2.75, 3.05) is 12.1 Å². The van der Waals surface area contributed by atoms with E-state index in [-0.39, 0.29) is 17.6 Å². The largest absolute Gasteiger partial charge is 0.454 e. The minimum Gasteiger partial charge on any atom is -0.454 e. The molecule has 8 heteroatoms. The third kappa shape index (κ3) is 2.82. The van der Waals surface area contributed by atoms with Crippen LogP contribution < -0.4 is 14.8 Å². The first kappa shape index (κ1) is 13.4. The zero-order valence-electron chi connectivity index (χ0n) is 10.7. The fourth-order valence-corrected chi connectivity index (χ4v) is 2.20. The number of halogens is 1. The number of pyridine rings is 1. The highest BCUT2D eigenvalue weighted by Crippen LogP contribution is 2.35. The lowest BCUT2D eigenvalue weighted by molar-refractivity contribution is -0.384. The summed E-state index contributed by atoms with van der Waals surface area (Å²) >= 11 is 5.77. The van der Waals surface area contributed by atoms with Crippen LogP contribution in [-0.2, 0) is 6.54 Å². The SMILES string of the molecule is O=[N+]([O-])c1cc(Cl)nc(NCc2cccc3c2OCO3)c1. The molecule has 108 valence electrons. The number of anilines is 1. The molecular formula is C13H10ClN3O4. The summed E-state index contributed by atoms with van der Waals surface area (Å²) in [5, 5.41) is 13.8. The summed E-state index contributed by atoms with van der Waals surface area (Å²) in [6.45, 7) is 0.574. The number of nitrogens with one attached hydrogen (secondary N) is 1. The van der Waals surface area contributed by atoms with Crippen molar-refractivity contribution in [3.05, 3.63) is 51.2 Å². The van der Waals surface area contributed by atoms with Gasteiger partial charge in [-0.15, -0.1) is 0 Å². The van der Waals surface area contributed by atoms with Gasteiger partial charge in [-0.1, -0.05) is 23.7 Å². The van der Waals surface area contributed by atoms with Gasteiger partial charge in [0.1, 0.15) is 11.0 Å². The van der Waals surface area contributed by atoms with Gasteiger partial charge in [0.25, 0.3) is 5.69 Å². The predicted molar refractivity (Wildman–Crippen MR) is 75.8 cm³/mol. The van der Waals surface area contributed by atoms with Crippen molar-refractivity contribution >= 4 is 23.1 Å². The van der Waals surface area contributed by atoms with E-state index in [1.807, 2.05) is 18.2 Å². The normalized spacial score (nSPS) is 12.2. The average Bonchev–Trinajstić information content (AvgIpc) is 2.93. The fourth-order valence-electron chi connectivity index (χ4n) is 1.99. The molecule has 2 aromatic rings. The molecule has 1 N–H and O–H groups in total. The van der Waals surface area contributed by atoms with Gasteiger partial charge >= 0.3 is 0 Å². The minimum atomic E-state index is -0.518. The summed E-state index contributed by atoms with van der Waals surface area (Å²) in [6.07, 6.45) is 0. The van der Waals surface area contributed by atoms with E-state index in [1.54, 1.807) is 0 Å². The van der Waals surface area contributed by atoms with Gasteiger partial charge in [0.2, 0.25) is 6.79 Å². The van der Waals surface area contributed by atoms with E-state index in [4.69, 9.17) is 21.1 Å². The Kier molecular flexibility index (Phi) is 3.49. The van der Waals surface area contributed by atoms with Crippen LogP contribution in [0, 0.1) is 10.1 Å². The van der Waals surface area contributed by atoms with Gasteiger partial charge in [-0.3, -0.25) is 10.1 Å². The van der Waals surface area contributed by atoms with E-state index >= 15 is 0 Å². The maximum absolute atomic E-state index is 10.8. The Hall–Kier alpha value is -2.54. The highest BCUT2D eigenvalue weighted by Gasteiger charge is 2.17. The standard InChI is InChI=1S/C13H10ClN3O4/c14-11-4-9(17(18)19)5-12(16-11)15-6-8-2-1-3-10-13(8)21-7-20-10/h1-5H,6-7H2,(H,15,16). The van der Waals surface area contributed by atoms with Crippen molar-refractivity contribution in [1.29, 1.82) is 0 Å². The Morgan fingerprint density at radius 3 is 3.05 bits per heavy atom. The molecule has 7 nitrogen and oxygen atoms in total. The molecule has 0 spiro atoms. The molecular weight excluding hydrogens is 298 g/mol. The van der Waals surface area contributed by atoms with Crippen LogP contribution in [0.2, 0.25) is 5.15 Å². The van der Waals surface area contributed by atoms with Crippen molar-refractivity contribution in [2.24, 2.45) is 0 Å². The van der Waals surface area contributed by atoms with Gasteiger partial charge < -0.3 is 14.8 Å². The lowest BCUT2D eigenvalue weighted by Crippen LogP contribution is -2.03. The molecule has 0 fully saturated rings. The molecule has 0 saturated carbocycles. The van der Waals surface area contributed by atoms with Crippen LogP contribution in [0.15, 0.2) is 30.3 Å². The first-order valence-electron chi connectivity index (χ1n) is 6.07. The number of aromatic nitrogens is 1. The van der Waals surface area contributed by atoms with Gasteiger partial charge in [-0.25, -0.2) is 4.98 Å². The zero-order valence-corrected chi connectivity index (χ0v) is 11.5. The molecule has 1 aliphatic rings. The summed E-state index contributed by atoms with van der Waals surface area (Å²) in [7, 11) is 0. The number of fused-ring (bicyclic) bond motifs is 1. The van der Waals surface area contributed by atoms with Crippen molar-refractivity contribution in [2.45, 2.75) is 6.54 Å². The number of rotatable bonds is 4. The van der Waals surface area contributed by atoms with Crippen LogP contribution in [0.1, 0.15) is 5.56 Å². The Bertz CT molecular complexity index is 708. The summed E-state index contributed by atoms with van der Waals surface area (Å²) in [5.74, 6) is 1.67. The first-order valence-corrected chi connectivity index (χ1v) is 6.44. The smallest absolute Gasteiger partial charge is 0.276 e. The summed E-state index contributed by atoms with van der Waals surface area (Å²) < 4.78 is 10.7. The first-order chi connectivity index (χ1) is 10.1. The second-order valence-electron chi connectivity index (χ2n) is 4.29. The quantitative estimate of drug-likeness (QED) is 0.531. The molecule has 0 saturated heterocycles. The van der Waals surface area contributed by atoms with Crippen LogP contribution in [0.5, 0.6) is 11.5 Å². The van der Waals surface area contributed by atoms with Gasteiger partial charge in [-0.05, 0) is 6.07 Å². The van der Waals surface area contributed by atoms with Gasteiger partial charge in [0, 0.05) is 12.1 Å². The number of hydrogen-bond donors (Lipinski definition) is 1. The van der Waals surface area contributed by atoms with Gasteiger partial charge in [0.15, 0.2) is 11.5 Å². The molecule has 1 aromatic carbocycles. The third-order valence-corrected chi connectivity index (χ3v) is 3.12. The minimum absolute atomic E-state index is 0.0598. The van der Waals surface area contributed by atoms with E-state index in [2.05, 4.69) is 10.3 Å². The summed E-state index contributed by atoms with van der Waals surface area (Å²) in [4.78, 5) is 14.3. The monoisotopic (exact) mass is 307 g/mol. The lowest BCUT2D eigenvalue weighted by atomic mass is 10.2. The molecule has 1 aliphatic heterocycles. The van der Waals surface area contributed by atoms with Crippen LogP contribution >= 0.6 is 11.6 Å². The molecule has 0 unspecified atom stereocenters. The van der Waals surface area contributed by atoms with Crippen molar-refractivity contribution in [3.8, 4) is 11.5 Å². The van der Waals surface area contributed by atoms with Crippen LogP contribution in [0.3, 0.4) is 0 Å². The average molecular weight is 308 g/mol. The number of ether oxygens (including phenoxy) is 2. The predicted octanol–water partition coefficient (Wildman–Crippen LogP) is 2.98. The second-order valence-corrected chi connectivity index (χ2v) is 4.68. The van der Waals surface area contributed by atoms with Crippen LogP contribution in [-0.4, -0.2) is 16.7 Å². The molecule has 0 amide bonds. The van der Waals surface area contributed by atoms with E-state index in [9.17, 15) is 10.1 Å². The highest BCUT2D eigenvalue weighted by molar-refractivity contribution is 6.29. The molecule has 0 radical (unpaired) electrons. The number of para-hydroxylation sites is 1. The maximum Gasteiger partial charge on any atom is 0.276 e. The number of benzene rings is 1. The molecule has 0 aliphatic carbocycles. The molecule has 1 aromatic heterocycles. The lowest BCUT2D eigenvalue weighted by Gasteiger charge is -2.08. The Morgan fingerprint density at radius 2 is 2.24 bits per heavy atom. The van der Waals surface area contributed by atoms with Crippen LogP contribution in [0.25, 0.3) is 0 Å². The summed E-state index contributed by atoms with van der Waals surface area (Å²) in [5.41, 5.74) is 0.754. The van der Waals surface area contributed by atoms with Crippen LogP contribution in [0.4, 0.5) is 11.5 Å². The van der Waals surface area contributed by atoms with Crippen molar-refractivity contribution in [3.63, 3.8) is 0 Å². The van der Waals surface area contributed by atoms with E-state index in [0.29, 0.717) is 23.9 Å². The molecule has 0 bridgehead atoms. The van der Waals surface area contributed by atoms with Gasteiger partial charge in [0.05, 0.1) is 17.1 Å². The number of nitrogens with zero attached hydrogens (tertiary/aromatic N) is 2. The Morgan fingerprint density at radius 1 is 1.38 bits per heavy atom. The Labute approximate surface area is 124 Å². The third-order valence-electron chi connectivity index (χ3n) is 2.93. The summed E-state index contributed by atoms with van der Waals surface area (Å²) in [6, 6.07) is 8.06. The zero-order chi connectivity index (χ0) is 14.8. The van der Waals surface area contributed by atoms with E-state index in [1.165, 1.54) is 12.1 Å². The van der Waals surface area contributed by atoms with Crippen molar-refractivity contribution in [1.82, 2.24) is 4.98 Å². The van der Waals surface area contributed by atoms with Gasteiger partial charge in [-0.2, -0.15) is 0 Å². The van der Waals surface area contributed by atoms with Crippen molar-refractivity contribution < 1.29 is 14.4 Å². The number of nitro groups is 1. The fraction of sp³-hybridized carbons (Fsp3) is 0.154. The Balaban J connectivity index is 1.79.